The summed E-state index contributed by atoms with van der Waals surface area (Å²) in [6.45, 7) is 0. The van der Waals surface area contributed by atoms with E-state index in [2.05, 4.69) is 4.98 Å². The molecule has 1 aromatic carbocycles. The number of ether oxygens (including phenoxy) is 1. The molecule has 0 aliphatic rings. The van der Waals surface area contributed by atoms with E-state index in [0.717, 1.165) is 6.20 Å². The number of hydrogen-bond donors (Lipinski definition) is 1. The Morgan fingerprint density at radius 2 is 2.11 bits per heavy atom. The highest BCUT2D eigenvalue weighted by Crippen LogP contribution is 2.28. The number of hydrogen-bond acceptors (Lipinski definition) is 3. The number of amides is 1. The minimum atomic E-state index is -2.62. The van der Waals surface area contributed by atoms with Crippen molar-refractivity contribution >= 4 is 16.8 Å². The number of methoxy groups -OCH3 is 1. The molecule has 0 aliphatic carbocycles. The minimum Gasteiger partial charge on any atom is -0.494 e. The van der Waals surface area contributed by atoms with Gasteiger partial charge >= 0.3 is 0 Å². The fraction of sp³-hybridized carbons (Fsp3) is 0.167. The van der Waals surface area contributed by atoms with E-state index >= 15 is 0 Å². The van der Waals surface area contributed by atoms with E-state index in [1.807, 2.05) is 0 Å². The summed E-state index contributed by atoms with van der Waals surface area (Å²) in [5.74, 6) is -0.334. The lowest BCUT2D eigenvalue weighted by atomic mass is 10.1. The summed E-state index contributed by atoms with van der Waals surface area (Å²) in [6.07, 6.45) is -1.54. The van der Waals surface area contributed by atoms with Gasteiger partial charge in [-0.2, -0.15) is 0 Å². The van der Waals surface area contributed by atoms with Crippen LogP contribution in [0.2, 0.25) is 0 Å². The van der Waals surface area contributed by atoms with Crippen LogP contribution in [-0.4, -0.2) is 18.0 Å². The van der Waals surface area contributed by atoms with Gasteiger partial charge in [-0.1, -0.05) is 0 Å². The minimum absolute atomic E-state index is 0.188. The van der Waals surface area contributed by atoms with Crippen molar-refractivity contribution in [2.24, 2.45) is 5.73 Å². The van der Waals surface area contributed by atoms with Crippen molar-refractivity contribution < 1.29 is 18.3 Å². The van der Waals surface area contributed by atoms with E-state index < -0.39 is 12.3 Å². The maximum Gasteiger partial charge on any atom is 0.265 e. The van der Waals surface area contributed by atoms with Crippen molar-refractivity contribution in [1.29, 1.82) is 0 Å². The number of aromatic nitrogens is 1. The van der Waals surface area contributed by atoms with E-state index in [-0.39, 0.29) is 11.1 Å². The lowest BCUT2D eigenvalue weighted by molar-refractivity contribution is 0.1000. The second kappa shape index (κ2) is 4.56. The van der Waals surface area contributed by atoms with E-state index in [4.69, 9.17) is 10.5 Å². The molecular formula is C12H10F2N2O2. The summed E-state index contributed by atoms with van der Waals surface area (Å²) in [7, 11) is 1.41. The first-order valence-electron chi connectivity index (χ1n) is 5.08. The zero-order valence-corrected chi connectivity index (χ0v) is 9.48. The Labute approximate surface area is 101 Å². The number of rotatable bonds is 3. The zero-order chi connectivity index (χ0) is 13.3. The molecule has 18 heavy (non-hydrogen) atoms. The number of nitrogens with two attached hydrogens (primary N) is 1. The van der Waals surface area contributed by atoms with Crippen LogP contribution in [0.3, 0.4) is 0 Å². The third kappa shape index (κ3) is 2.09. The standard InChI is InChI=1S/C12H10F2N2O2/c1-18-9-4-7(12(15)17)2-6-3-8(11(13)14)5-16-10(6)9/h2-5,11H,1H3,(H2,15,17). The number of benzene rings is 1. The summed E-state index contributed by atoms with van der Waals surface area (Å²) >= 11 is 0. The monoisotopic (exact) mass is 252 g/mol. The average molecular weight is 252 g/mol. The number of alkyl halides is 2. The van der Waals surface area contributed by atoms with Gasteiger partial charge in [0, 0.05) is 22.7 Å². The van der Waals surface area contributed by atoms with Gasteiger partial charge < -0.3 is 10.5 Å². The van der Waals surface area contributed by atoms with Crippen LogP contribution in [0, 0.1) is 0 Å². The number of nitrogens with zero attached hydrogens (tertiary/aromatic N) is 1. The Kier molecular flexibility index (Phi) is 3.10. The van der Waals surface area contributed by atoms with Crippen molar-refractivity contribution in [3.05, 3.63) is 35.5 Å². The maximum absolute atomic E-state index is 12.6. The zero-order valence-electron chi connectivity index (χ0n) is 9.48. The van der Waals surface area contributed by atoms with Gasteiger partial charge in [-0.3, -0.25) is 9.78 Å². The smallest absolute Gasteiger partial charge is 0.265 e. The molecule has 1 heterocycles. The summed E-state index contributed by atoms with van der Waals surface area (Å²) in [4.78, 5) is 15.0. The molecule has 1 aromatic heterocycles. The van der Waals surface area contributed by atoms with Crippen molar-refractivity contribution in [3.63, 3.8) is 0 Å². The number of carbonyl (C=O) groups is 1. The largest absolute Gasteiger partial charge is 0.494 e. The van der Waals surface area contributed by atoms with Crippen LogP contribution in [0.15, 0.2) is 24.4 Å². The molecule has 0 fully saturated rings. The van der Waals surface area contributed by atoms with E-state index in [0.29, 0.717) is 16.7 Å². The van der Waals surface area contributed by atoms with E-state index in [1.54, 1.807) is 0 Å². The fourth-order valence-electron chi connectivity index (χ4n) is 1.65. The van der Waals surface area contributed by atoms with Crippen LogP contribution in [0.1, 0.15) is 22.3 Å². The summed E-state index contributed by atoms with van der Waals surface area (Å²) in [6, 6.07) is 4.11. The summed E-state index contributed by atoms with van der Waals surface area (Å²) < 4.78 is 30.2. The molecule has 6 heteroatoms. The topological polar surface area (TPSA) is 65.2 Å². The van der Waals surface area contributed by atoms with E-state index in [1.165, 1.54) is 25.3 Å². The summed E-state index contributed by atoms with van der Waals surface area (Å²) in [5.41, 5.74) is 5.54. The van der Waals surface area contributed by atoms with Crippen LogP contribution in [0.5, 0.6) is 5.75 Å². The van der Waals surface area contributed by atoms with Crippen LogP contribution in [-0.2, 0) is 0 Å². The van der Waals surface area contributed by atoms with Gasteiger partial charge in [0.1, 0.15) is 11.3 Å². The Balaban J connectivity index is 2.72. The number of fused-ring (bicyclic) bond motifs is 1. The van der Waals surface area contributed by atoms with Gasteiger partial charge in [0.05, 0.1) is 7.11 Å². The second-order valence-corrected chi connectivity index (χ2v) is 3.68. The molecule has 2 aromatic rings. The Hall–Kier alpha value is -2.24. The SMILES string of the molecule is COc1cc(C(N)=O)cc2cc(C(F)F)cnc12. The van der Waals surface area contributed by atoms with Crippen molar-refractivity contribution in [3.8, 4) is 5.75 Å². The quantitative estimate of drug-likeness (QED) is 0.911. The Morgan fingerprint density at radius 1 is 1.39 bits per heavy atom. The highest BCUT2D eigenvalue weighted by molar-refractivity contribution is 5.99. The predicted octanol–water partition coefficient (Wildman–Crippen LogP) is 2.28. The van der Waals surface area contributed by atoms with Gasteiger partial charge in [-0.05, 0) is 18.2 Å². The molecule has 2 rings (SSSR count). The number of pyridine rings is 1. The molecular weight excluding hydrogens is 242 g/mol. The molecule has 2 N–H and O–H groups in total. The molecule has 0 spiro atoms. The Morgan fingerprint density at radius 3 is 2.67 bits per heavy atom. The molecule has 94 valence electrons. The normalized spacial score (nSPS) is 10.9. The Bertz CT molecular complexity index is 614. The third-order valence-electron chi connectivity index (χ3n) is 2.53. The average Bonchev–Trinajstić information content (AvgIpc) is 2.36. The predicted molar refractivity (Wildman–Crippen MR) is 61.8 cm³/mol. The van der Waals surface area contributed by atoms with Gasteiger partial charge in [0.15, 0.2) is 0 Å². The van der Waals surface area contributed by atoms with Crippen LogP contribution >= 0.6 is 0 Å². The van der Waals surface area contributed by atoms with Crippen LogP contribution in [0.4, 0.5) is 8.78 Å². The number of carbonyl (C=O) groups excluding carboxylic acids is 1. The van der Waals surface area contributed by atoms with Crippen LogP contribution < -0.4 is 10.5 Å². The second-order valence-electron chi connectivity index (χ2n) is 3.68. The molecule has 0 atom stereocenters. The maximum atomic E-state index is 12.6. The molecule has 0 radical (unpaired) electrons. The molecule has 0 saturated heterocycles. The highest BCUT2D eigenvalue weighted by atomic mass is 19.3. The highest BCUT2D eigenvalue weighted by Gasteiger charge is 2.13. The fourth-order valence-corrected chi connectivity index (χ4v) is 1.65. The first-order chi connectivity index (χ1) is 8.52. The number of halogens is 2. The third-order valence-corrected chi connectivity index (χ3v) is 2.53. The van der Waals surface area contributed by atoms with Gasteiger partial charge in [-0.15, -0.1) is 0 Å². The van der Waals surface area contributed by atoms with Gasteiger partial charge in [0.2, 0.25) is 5.91 Å². The molecule has 4 nitrogen and oxygen atoms in total. The summed E-state index contributed by atoms with van der Waals surface area (Å²) in [5, 5.41) is 0.390. The molecule has 0 aliphatic heterocycles. The lowest BCUT2D eigenvalue weighted by Crippen LogP contribution is -2.11. The lowest BCUT2D eigenvalue weighted by Gasteiger charge is -2.08. The molecule has 0 saturated carbocycles. The molecule has 0 unspecified atom stereocenters. The first-order valence-corrected chi connectivity index (χ1v) is 5.08. The molecule has 1 amide bonds. The van der Waals surface area contributed by atoms with Crippen molar-refractivity contribution in [2.75, 3.05) is 7.11 Å². The van der Waals surface area contributed by atoms with E-state index in [9.17, 15) is 13.6 Å². The van der Waals surface area contributed by atoms with Gasteiger partial charge in [-0.25, -0.2) is 8.78 Å². The van der Waals surface area contributed by atoms with Crippen LogP contribution in [0.25, 0.3) is 10.9 Å². The van der Waals surface area contributed by atoms with Gasteiger partial charge in [0.25, 0.3) is 6.43 Å². The number of primary amides is 1. The molecule has 0 bridgehead atoms. The first kappa shape index (κ1) is 12.2. The van der Waals surface area contributed by atoms with Crippen molar-refractivity contribution in [1.82, 2.24) is 4.98 Å². The van der Waals surface area contributed by atoms with Crippen molar-refractivity contribution in [2.45, 2.75) is 6.43 Å².